The van der Waals surface area contributed by atoms with Crippen LogP contribution in [-0.2, 0) is 28.8 Å². The topological polar surface area (TPSA) is 225 Å². The number of nitrogens with two attached hydrogens (primary N) is 1. The molecule has 5 unspecified atom stereocenters. The first-order valence-corrected chi connectivity index (χ1v) is 9.63. The van der Waals surface area contributed by atoms with E-state index in [4.69, 9.17) is 21.1 Å². The minimum atomic E-state index is -1.65. The highest BCUT2D eigenvalue weighted by Crippen LogP contribution is 2.07. The van der Waals surface area contributed by atoms with E-state index < -0.39 is 72.6 Å². The van der Waals surface area contributed by atoms with Crippen LogP contribution in [0, 0.1) is 5.92 Å². The molecule has 0 aromatic carbocycles. The van der Waals surface area contributed by atoms with Gasteiger partial charge in [-0.25, -0.2) is 0 Å². The van der Waals surface area contributed by atoms with Crippen molar-refractivity contribution in [1.29, 1.82) is 0 Å². The molecule has 176 valence electrons. The van der Waals surface area contributed by atoms with Gasteiger partial charge in [0.2, 0.25) is 17.7 Å². The summed E-state index contributed by atoms with van der Waals surface area (Å²) in [5, 5.41) is 33.3. The van der Waals surface area contributed by atoms with E-state index in [0.29, 0.717) is 6.42 Å². The molecule has 0 aliphatic carbocycles. The molecule has 0 bridgehead atoms. The van der Waals surface area contributed by atoms with Crippen molar-refractivity contribution >= 4 is 35.6 Å². The van der Waals surface area contributed by atoms with Gasteiger partial charge >= 0.3 is 17.9 Å². The quantitative estimate of drug-likeness (QED) is 0.159. The van der Waals surface area contributed by atoms with Crippen LogP contribution in [0.4, 0.5) is 0 Å². The average Bonchev–Trinajstić information content (AvgIpc) is 2.68. The zero-order chi connectivity index (χ0) is 24.3. The molecule has 0 saturated carbocycles. The van der Waals surface area contributed by atoms with Gasteiger partial charge in [0.05, 0.1) is 12.5 Å². The van der Waals surface area contributed by atoms with Crippen molar-refractivity contribution < 1.29 is 44.1 Å². The molecule has 0 aliphatic heterocycles. The molecule has 5 atom stereocenters. The van der Waals surface area contributed by atoms with Crippen LogP contribution in [-0.4, -0.2) is 75.1 Å². The summed E-state index contributed by atoms with van der Waals surface area (Å²) in [4.78, 5) is 70.0. The predicted octanol–water partition coefficient (Wildman–Crippen LogP) is -1.74. The minimum absolute atomic E-state index is 0.230. The first kappa shape index (κ1) is 27.8. The van der Waals surface area contributed by atoms with Crippen molar-refractivity contribution in [3.8, 4) is 0 Å². The van der Waals surface area contributed by atoms with E-state index in [1.165, 1.54) is 0 Å². The third kappa shape index (κ3) is 10.4. The van der Waals surface area contributed by atoms with Crippen LogP contribution in [0.25, 0.3) is 0 Å². The Bertz CT molecular complexity index is 698. The highest BCUT2D eigenvalue weighted by atomic mass is 16.4. The van der Waals surface area contributed by atoms with Crippen LogP contribution in [0.2, 0.25) is 0 Å². The first-order chi connectivity index (χ1) is 14.3. The third-order valence-electron chi connectivity index (χ3n) is 4.58. The van der Waals surface area contributed by atoms with Gasteiger partial charge in [0, 0.05) is 6.42 Å². The molecule has 13 heteroatoms. The number of rotatable bonds is 14. The Morgan fingerprint density at radius 3 is 1.77 bits per heavy atom. The Morgan fingerprint density at radius 2 is 1.32 bits per heavy atom. The normalized spacial score (nSPS) is 15.5. The largest absolute Gasteiger partial charge is 0.481 e. The average molecular weight is 446 g/mol. The summed E-state index contributed by atoms with van der Waals surface area (Å²) >= 11 is 0. The highest BCUT2D eigenvalue weighted by Gasteiger charge is 2.31. The minimum Gasteiger partial charge on any atom is -0.481 e. The van der Waals surface area contributed by atoms with Crippen molar-refractivity contribution in [3.63, 3.8) is 0 Å². The SMILES string of the molecule is CCC(C)C(N)C(=O)NC(CCC(=O)O)C(=O)NC(CC(=O)O)C(=O)NC(C)C(=O)O. The van der Waals surface area contributed by atoms with Crippen LogP contribution < -0.4 is 21.7 Å². The van der Waals surface area contributed by atoms with Gasteiger partial charge in [-0.2, -0.15) is 0 Å². The molecule has 0 aliphatic rings. The Morgan fingerprint density at radius 1 is 0.806 bits per heavy atom. The monoisotopic (exact) mass is 446 g/mol. The van der Waals surface area contributed by atoms with E-state index in [-0.39, 0.29) is 12.3 Å². The fraction of sp³-hybridized carbons (Fsp3) is 0.667. The zero-order valence-corrected chi connectivity index (χ0v) is 17.6. The number of carbonyl (C=O) groups excluding carboxylic acids is 3. The fourth-order valence-corrected chi connectivity index (χ4v) is 2.35. The van der Waals surface area contributed by atoms with Gasteiger partial charge < -0.3 is 37.0 Å². The number of amides is 3. The lowest BCUT2D eigenvalue weighted by Crippen LogP contribution is -2.57. The van der Waals surface area contributed by atoms with Gasteiger partial charge in [-0.1, -0.05) is 20.3 Å². The summed E-state index contributed by atoms with van der Waals surface area (Å²) in [6.45, 7) is 4.67. The first-order valence-electron chi connectivity index (χ1n) is 9.63. The second kappa shape index (κ2) is 13.2. The number of carboxylic acids is 3. The smallest absolute Gasteiger partial charge is 0.325 e. The molecule has 3 amide bonds. The van der Waals surface area contributed by atoms with Crippen molar-refractivity contribution in [2.45, 2.75) is 70.6 Å². The van der Waals surface area contributed by atoms with Gasteiger partial charge in [0.1, 0.15) is 18.1 Å². The van der Waals surface area contributed by atoms with E-state index in [0.717, 1.165) is 6.92 Å². The predicted molar refractivity (Wildman–Crippen MR) is 106 cm³/mol. The highest BCUT2D eigenvalue weighted by molar-refractivity contribution is 5.95. The molecule has 0 aromatic rings. The standard InChI is InChI=1S/C18H30N4O9/c1-4-8(2)14(19)17(29)21-10(5-6-12(23)24)15(27)22-11(7-13(25)26)16(28)20-9(3)18(30)31/h8-11,14H,4-7,19H2,1-3H3,(H,20,28)(H,21,29)(H,22,27)(H,23,24)(H,25,26)(H,30,31). The molecular formula is C18H30N4O9. The molecule has 8 N–H and O–H groups in total. The zero-order valence-electron chi connectivity index (χ0n) is 17.6. The lowest BCUT2D eigenvalue weighted by atomic mass is 9.98. The fourth-order valence-electron chi connectivity index (χ4n) is 2.35. The van der Waals surface area contributed by atoms with Crippen LogP contribution in [0.1, 0.15) is 46.5 Å². The van der Waals surface area contributed by atoms with Crippen LogP contribution in [0.5, 0.6) is 0 Å². The van der Waals surface area contributed by atoms with Gasteiger partial charge in [0.15, 0.2) is 0 Å². The van der Waals surface area contributed by atoms with E-state index in [1.807, 2.05) is 5.32 Å². The molecule has 31 heavy (non-hydrogen) atoms. The molecule has 0 radical (unpaired) electrons. The van der Waals surface area contributed by atoms with Gasteiger partial charge in [0.25, 0.3) is 0 Å². The van der Waals surface area contributed by atoms with Crippen LogP contribution >= 0.6 is 0 Å². The molecule has 0 heterocycles. The molecule has 13 nitrogen and oxygen atoms in total. The maximum Gasteiger partial charge on any atom is 0.325 e. The second-order valence-electron chi connectivity index (χ2n) is 7.13. The second-order valence-corrected chi connectivity index (χ2v) is 7.13. The number of carboxylic acid groups (broad SMARTS) is 3. The van der Waals surface area contributed by atoms with Crippen LogP contribution in [0.15, 0.2) is 0 Å². The van der Waals surface area contributed by atoms with Crippen LogP contribution in [0.3, 0.4) is 0 Å². The lowest BCUT2D eigenvalue weighted by molar-refractivity contribution is -0.143. The summed E-state index contributed by atoms with van der Waals surface area (Å²) < 4.78 is 0. The maximum absolute atomic E-state index is 12.6. The van der Waals surface area contributed by atoms with Gasteiger partial charge in [-0.3, -0.25) is 28.8 Å². The number of nitrogens with one attached hydrogen (secondary N) is 3. The summed E-state index contributed by atoms with van der Waals surface area (Å²) in [5.74, 6) is -7.08. The summed E-state index contributed by atoms with van der Waals surface area (Å²) in [6.07, 6.45) is -1.13. The molecule has 0 saturated heterocycles. The third-order valence-corrected chi connectivity index (χ3v) is 4.58. The van der Waals surface area contributed by atoms with Crippen molar-refractivity contribution in [3.05, 3.63) is 0 Å². The van der Waals surface area contributed by atoms with E-state index >= 15 is 0 Å². The van der Waals surface area contributed by atoms with Gasteiger partial charge in [-0.15, -0.1) is 0 Å². The molecule has 0 spiro atoms. The Labute approximate surface area is 178 Å². The lowest BCUT2D eigenvalue weighted by Gasteiger charge is -2.25. The summed E-state index contributed by atoms with van der Waals surface area (Å²) in [5.41, 5.74) is 5.82. The van der Waals surface area contributed by atoms with Gasteiger partial charge in [-0.05, 0) is 19.3 Å². The molecule has 0 fully saturated rings. The Kier molecular flexibility index (Phi) is 11.8. The Hall–Kier alpha value is -3.22. The van der Waals surface area contributed by atoms with E-state index in [9.17, 15) is 28.8 Å². The molecule has 0 rings (SSSR count). The summed E-state index contributed by atoms with van der Waals surface area (Å²) in [7, 11) is 0. The van der Waals surface area contributed by atoms with E-state index in [1.54, 1.807) is 13.8 Å². The van der Waals surface area contributed by atoms with Crippen molar-refractivity contribution in [1.82, 2.24) is 16.0 Å². The Balaban J connectivity index is 5.47. The van der Waals surface area contributed by atoms with Crippen molar-refractivity contribution in [2.24, 2.45) is 11.7 Å². The number of carbonyl (C=O) groups is 6. The number of hydrogen-bond acceptors (Lipinski definition) is 7. The maximum atomic E-state index is 12.6. The molecular weight excluding hydrogens is 416 g/mol. The number of hydrogen-bond donors (Lipinski definition) is 7. The summed E-state index contributed by atoms with van der Waals surface area (Å²) in [6, 6.07) is -5.38. The number of aliphatic carboxylic acids is 3. The molecule has 0 aromatic heterocycles. The van der Waals surface area contributed by atoms with Crippen molar-refractivity contribution in [2.75, 3.05) is 0 Å². The van der Waals surface area contributed by atoms with E-state index in [2.05, 4.69) is 10.6 Å².